The van der Waals surface area contributed by atoms with E-state index >= 15 is 0 Å². The van der Waals surface area contributed by atoms with E-state index in [1.54, 1.807) is 24.3 Å². The van der Waals surface area contributed by atoms with Crippen molar-refractivity contribution in [2.24, 2.45) is 0 Å². The largest absolute Gasteiger partial charge is 0.354 e. The van der Waals surface area contributed by atoms with Crippen LogP contribution in [0.1, 0.15) is 12.8 Å². The van der Waals surface area contributed by atoms with Crippen molar-refractivity contribution < 1.29 is 9.59 Å². The van der Waals surface area contributed by atoms with Crippen molar-refractivity contribution in [2.75, 3.05) is 11.9 Å². The molecule has 5 nitrogen and oxygen atoms in total. The summed E-state index contributed by atoms with van der Waals surface area (Å²) in [5, 5.41) is 8.52. The number of anilines is 1. The molecule has 1 aliphatic heterocycles. The predicted octanol–water partition coefficient (Wildman–Crippen LogP) is 1.74. The fourth-order valence-corrected chi connectivity index (χ4v) is 1.99. The first-order valence-corrected chi connectivity index (χ1v) is 6.14. The molecular formula is C12H14ClN3O2. The van der Waals surface area contributed by atoms with Crippen LogP contribution in [-0.2, 0) is 4.79 Å². The van der Waals surface area contributed by atoms with E-state index in [-0.39, 0.29) is 5.91 Å². The average Bonchev–Trinajstić information content (AvgIpc) is 2.32. The monoisotopic (exact) mass is 267 g/mol. The topological polar surface area (TPSA) is 70.2 Å². The molecule has 1 aromatic carbocycles. The number of hydrogen-bond acceptors (Lipinski definition) is 2. The van der Waals surface area contributed by atoms with Gasteiger partial charge in [-0.15, -0.1) is 0 Å². The first-order chi connectivity index (χ1) is 8.65. The van der Waals surface area contributed by atoms with Crippen LogP contribution in [0.4, 0.5) is 10.5 Å². The Balaban J connectivity index is 1.90. The van der Waals surface area contributed by atoms with Crippen molar-refractivity contribution in [1.29, 1.82) is 0 Å². The summed E-state index contributed by atoms with van der Waals surface area (Å²) in [5.74, 6) is -0.137. The number of piperidine rings is 1. The molecule has 18 heavy (non-hydrogen) atoms. The lowest BCUT2D eigenvalue weighted by molar-refractivity contribution is -0.124. The quantitative estimate of drug-likeness (QED) is 0.764. The first-order valence-electron chi connectivity index (χ1n) is 5.76. The fourth-order valence-electron chi connectivity index (χ4n) is 1.80. The molecule has 6 heteroatoms. The maximum atomic E-state index is 11.7. The maximum absolute atomic E-state index is 11.7. The van der Waals surface area contributed by atoms with E-state index in [2.05, 4.69) is 16.0 Å². The molecule has 1 unspecified atom stereocenters. The van der Waals surface area contributed by atoms with Crippen molar-refractivity contribution in [3.63, 3.8) is 0 Å². The Bertz CT molecular complexity index is 464. The third-order valence-electron chi connectivity index (χ3n) is 2.67. The highest BCUT2D eigenvalue weighted by Gasteiger charge is 2.23. The van der Waals surface area contributed by atoms with Gasteiger partial charge >= 0.3 is 6.03 Å². The smallest absolute Gasteiger partial charge is 0.319 e. The van der Waals surface area contributed by atoms with Gasteiger partial charge in [-0.3, -0.25) is 4.79 Å². The Morgan fingerprint density at radius 2 is 2.28 bits per heavy atom. The van der Waals surface area contributed by atoms with Gasteiger partial charge in [0.2, 0.25) is 5.91 Å². The lowest BCUT2D eigenvalue weighted by Gasteiger charge is -2.22. The zero-order valence-electron chi connectivity index (χ0n) is 9.70. The molecule has 0 aliphatic carbocycles. The number of halogens is 1. The van der Waals surface area contributed by atoms with E-state index in [4.69, 9.17) is 11.6 Å². The second kappa shape index (κ2) is 5.73. The molecule has 1 atom stereocenters. The Morgan fingerprint density at radius 1 is 1.44 bits per heavy atom. The Kier molecular flexibility index (Phi) is 4.04. The van der Waals surface area contributed by atoms with Crippen LogP contribution in [0.3, 0.4) is 0 Å². The summed E-state index contributed by atoms with van der Waals surface area (Å²) in [6, 6.07) is 5.97. The molecule has 0 spiro atoms. The Morgan fingerprint density at radius 3 is 3.00 bits per heavy atom. The summed E-state index contributed by atoms with van der Waals surface area (Å²) < 4.78 is 0. The van der Waals surface area contributed by atoms with E-state index in [0.29, 0.717) is 23.7 Å². The number of rotatable bonds is 2. The van der Waals surface area contributed by atoms with Gasteiger partial charge in [0.1, 0.15) is 6.04 Å². The summed E-state index contributed by atoms with van der Waals surface area (Å²) >= 11 is 5.81. The summed E-state index contributed by atoms with van der Waals surface area (Å²) in [5.41, 5.74) is 0.594. The minimum atomic E-state index is -0.460. The predicted molar refractivity (Wildman–Crippen MR) is 69.6 cm³/mol. The highest BCUT2D eigenvalue weighted by molar-refractivity contribution is 6.30. The summed E-state index contributed by atoms with van der Waals surface area (Å²) in [6.07, 6.45) is 1.53. The van der Waals surface area contributed by atoms with E-state index in [1.165, 1.54) is 0 Å². The number of benzene rings is 1. The highest BCUT2D eigenvalue weighted by atomic mass is 35.5. The molecule has 96 valence electrons. The Hall–Kier alpha value is -1.75. The standard InChI is InChI=1S/C12H14ClN3O2/c13-8-3-1-4-9(7-8)15-12(18)16-10-5-2-6-14-11(10)17/h1,3-4,7,10H,2,5-6H2,(H,14,17)(H2,15,16,18). The molecule has 1 heterocycles. The number of amides is 3. The van der Waals surface area contributed by atoms with E-state index < -0.39 is 12.1 Å². The molecule has 1 aromatic rings. The van der Waals surface area contributed by atoms with Crippen molar-refractivity contribution in [2.45, 2.75) is 18.9 Å². The number of nitrogens with one attached hydrogen (secondary N) is 3. The average molecular weight is 268 g/mol. The molecule has 2 rings (SSSR count). The molecule has 1 fully saturated rings. The van der Waals surface area contributed by atoms with Gasteiger partial charge in [-0.25, -0.2) is 4.79 Å². The van der Waals surface area contributed by atoms with Gasteiger partial charge < -0.3 is 16.0 Å². The normalized spacial score (nSPS) is 18.9. The number of carbonyl (C=O) groups excluding carboxylic acids is 2. The zero-order chi connectivity index (χ0) is 13.0. The second-order valence-electron chi connectivity index (χ2n) is 4.09. The lowest BCUT2D eigenvalue weighted by Crippen LogP contribution is -2.51. The summed E-state index contributed by atoms with van der Waals surface area (Å²) in [4.78, 5) is 23.2. The van der Waals surface area contributed by atoms with Gasteiger partial charge in [-0.2, -0.15) is 0 Å². The fraction of sp³-hybridized carbons (Fsp3) is 0.333. The number of carbonyl (C=O) groups is 2. The summed E-state index contributed by atoms with van der Waals surface area (Å²) in [7, 11) is 0. The molecule has 0 saturated carbocycles. The van der Waals surface area contributed by atoms with Gasteiger partial charge in [0.25, 0.3) is 0 Å². The molecule has 3 N–H and O–H groups in total. The lowest BCUT2D eigenvalue weighted by atomic mass is 10.1. The highest BCUT2D eigenvalue weighted by Crippen LogP contribution is 2.14. The van der Waals surface area contributed by atoms with Gasteiger partial charge in [0, 0.05) is 17.3 Å². The van der Waals surface area contributed by atoms with Crippen LogP contribution in [0.5, 0.6) is 0 Å². The zero-order valence-corrected chi connectivity index (χ0v) is 10.5. The van der Waals surface area contributed by atoms with Gasteiger partial charge in [0.15, 0.2) is 0 Å². The van der Waals surface area contributed by atoms with E-state index in [0.717, 1.165) is 6.42 Å². The van der Waals surface area contributed by atoms with Gasteiger partial charge in [0.05, 0.1) is 0 Å². The number of urea groups is 1. The molecular weight excluding hydrogens is 254 g/mol. The second-order valence-corrected chi connectivity index (χ2v) is 4.53. The number of hydrogen-bond donors (Lipinski definition) is 3. The molecule has 0 bridgehead atoms. The molecule has 3 amide bonds. The van der Waals surface area contributed by atoms with Crippen molar-refractivity contribution >= 4 is 29.2 Å². The molecule has 1 saturated heterocycles. The van der Waals surface area contributed by atoms with E-state index in [1.807, 2.05) is 0 Å². The molecule has 0 aromatic heterocycles. The van der Waals surface area contributed by atoms with Crippen molar-refractivity contribution in [3.05, 3.63) is 29.3 Å². The van der Waals surface area contributed by atoms with Crippen LogP contribution in [-0.4, -0.2) is 24.5 Å². The van der Waals surface area contributed by atoms with Gasteiger partial charge in [-0.1, -0.05) is 17.7 Å². The third-order valence-corrected chi connectivity index (χ3v) is 2.91. The van der Waals surface area contributed by atoms with Crippen LogP contribution in [0, 0.1) is 0 Å². The molecule has 1 aliphatic rings. The van der Waals surface area contributed by atoms with Crippen LogP contribution in [0.25, 0.3) is 0 Å². The van der Waals surface area contributed by atoms with Crippen LogP contribution in [0.2, 0.25) is 5.02 Å². The maximum Gasteiger partial charge on any atom is 0.319 e. The van der Waals surface area contributed by atoms with Crippen molar-refractivity contribution in [1.82, 2.24) is 10.6 Å². The third kappa shape index (κ3) is 3.37. The van der Waals surface area contributed by atoms with Crippen LogP contribution >= 0.6 is 11.6 Å². The molecule has 0 radical (unpaired) electrons. The first kappa shape index (κ1) is 12.7. The van der Waals surface area contributed by atoms with E-state index in [9.17, 15) is 9.59 Å². The SMILES string of the molecule is O=C(Nc1cccc(Cl)c1)NC1CCCNC1=O. The summed E-state index contributed by atoms with van der Waals surface area (Å²) in [6.45, 7) is 0.674. The van der Waals surface area contributed by atoms with Crippen molar-refractivity contribution in [3.8, 4) is 0 Å². The Labute approximate surface area is 110 Å². The minimum absolute atomic E-state index is 0.137. The van der Waals surface area contributed by atoms with Gasteiger partial charge in [-0.05, 0) is 31.0 Å². The van der Waals surface area contributed by atoms with Crippen LogP contribution in [0.15, 0.2) is 24.3 Å². The van der Waals surface area contributed by atoms with Crippen LogP contribution < -0.4 is 16.0 Å². The minimum Gasteiger partial charge on any atom is -0.354 e.